The van der Waals surface area contributed by atoms with Crippen molar-refractivity contribution >= 4 is 23.2 Å². The summed E-state index contributed by atoms with van der Waals surface area (Å²) in [5.41, 5.74) is -1.34. The van der Waals surface area contributed by atoms with Crippen LogP contribution in [0.4, 0.5) is 4.39 Å². The van der Waals surface area contributed by atoms with Gasteiger partial charge in [-0.15, -0.1) is 11.3 Å². The molecule has 0 saturated carbocycles. The van der Waals surface area contributed by atoms with E-state index in [1.165, 1.54) is 35.4 Å². The lowest BCUT2D eigenvalue weighted by molar-refractivity contribution is -0.131. The zero-order valence-electron chi connectivity index (χ0n) is 16.5. The van der Waals surface area contributed by atoms with E-state index in [1.54, 1.807) is 39.0 Å². The van der Waals surface area contributed by atoms with Crippen LogP contribution in [0.25, 0.3) is 0 Å². The maximum atomic E-state index is 14.9. The van der Waals surface area contributed by atoms with Gasteiger partial charge in [-0.25, -0.2) is 4.39 Å². The molecule has 0 bridgehead atoms. The SMILES string of the molecule is CN1C(=N)N[C@](C)(c2ccc(C#N)s2)[C@H](c2ccc(C(C)(C)C#N)c(F)c2)C1=O. The van der Waals surface area contributed by atoms with E-state index in [9.17, 15) is 19.7 Å². The topological polar surface area (TPSA) is 104 Å². The second-order valence-corrected chi connectivity index (χ2v) is 8.84. The van der Waals surface area contributed by atoms with Gasteiger partial charge in [0.2, 0.25) is 5.91 Å². The average molecular weight is 409 g/mol. The van der Waals surface area contributed by atoms with Crippen LogP contribution in [0.3, 0.4) is 0 Å². The third kappa shape index (κ3) is 3.26. The summed E-state index contributed by atoms with van der Waals surface area (Å²) >= 11 is 1.23. The molecule has 1 saturated heterocycles. The largest absolute Gasteiger partial charge is 0.345 e. The second-order valence-electron chi connectivity index (χ2n) is 7.76. The Hall–Kier alpha value is -3.23. The van der Waals surface area contributed by atoms with Crippen LogP contribution < -0.4 is 5.32 Å². The molecule has 29 heavy (non-hydrogen) atoms. The van der Waals surface area contributed by atoms with E-state index in [4.69, 9.17) is 5.41 Å². The highest BCUT2D eigenvalue weighted by Crippen LogP contribution is 2.43. The lowest BCUT2D eigenvalue weighted by Gasteiger charge is -2.45. The molecular formula is C21H20FN5OS. The first-order valence-corrected chi connectivity index (χ1v) is 9.72. The van der Waals surface area contributed by atoms with E-state index in [1.807, 2.05) is 0 Å². The van der Waals surface area contributed by atoms with Gasteiger partial charge in [0, 0.05) is 17.5 Å². The molecule has 3 rings (SSSR count). The van der Waals surface area contributed by atoms with Crippen molar-refractivity contribution in [1.82, 2.24) is 10.2 Å². The molecule has 0 spiro atoms. The number of halogens is 1. The molecule has 1 amide bonds. The predicted molar refractivity (Wildman–Crippen MR) is 108 cm³/mol. The number of nitrogens with zero attached hydrogens (tertiary/aromatic N) is 3. The average Bonchev–Trinajstić information content (AvgIpc) is 3.16. The zero-order chi connectivity index (χ0) is 21.6. The van der Waals surface area contributed by atoms with Crippen molar-refractivity contribution in [3.63, 3.8) is 0 Å². The van der Waals surface area contributed by atoms with Gasteiger partial charge in [0.1, 0.15) is 16.8 Å². The minimum absolute atomic E-state index is 0.0663. The Labute approximate surface area is 172 Å². The van der Waals surface area contributed by atoms with Gasteiger partial charge in [-0.1, -0.05) is 12.1 Å². The number of likely N-dealkylation sites (N-methyl/N-ethyl adjacent to an activating group) is 1. The number of nitrogens with one attached hydrogen (secondary N) is 2. The molecular weight excluding hydrogens is 389 g/mol. The zero-order valence-corrected chi connectivity index (χ0v) is 17.3. The minimum atomic E-state index is -1.03. The van der Waals surface area contributed by atoms with Gasteiger partial charge in [-0.05, 0) is 44.5 Å². The fourth-order valence-corrected chi connectivity index (χ4v) is 4.52. The molecule has 0 aliphatic carbocycles. The molecule has 1 aromatic carbocycles. The van der Waals surface area contributed by atoms with Gasteiger partial charge < -0.3 is 5.32 Å². The lowest BCUT2D eigenvalue weighted by Crippen LogP contribution is -2.62. The van der Waals surface area contributed by atoms with E-state index >= 15 is 0 Å². The minimum Gasteiger partial charge on any atom is -0.345 e. The summed E-state index contributed by atoms with van der Waals surface area (Å²) in [6.45, 7) is 5.04. The van der Waals surface area contributed by atoms with Crippen molar-refractivity contribution in [2.45, 2.75) is 37.6 Å². The normalized spacial score (nSPS) is 22.0. The summed E-state index contributed by atoms with van der Waals surface area (Å²) in [5, 5.41) is 29.7. The van der Waals surface area contributed by atoms with Gasteiger partial charge in [0.15, 0.2) is 5.96 Å². The number of benzene rings is 1. The maximum Gasteiger partial charge on any atom is 0.239 e. The van der Waals surface area contributed by atoms with Gasteiger partial charge in [0.25, 0.3) is 0 Å². The number of hydrogen-bond donors (Lipinski definition) is 2. The van der Waals surface area contributed by atoms with Gasteiger partial charge in [-0.2, -0.15) is 10.5 Å². The number of amides is 1. The number of thiophene rings is 1. The Bertz CT molecular complexity index is 1090. The Balaban J connectivity index is 2.17. The Morgan fingerprint density at radius 1 is 1.31 bits per heavy atom. The van der Waals surface area contributed by atoms with E-state index in [2.05, 4.69) is 17.5 Å². The molecule has 0 unspecified atom stereocenters. The highest BCUT2D eigenvalue weighted by Gasteiger charge is 2.49. The smallest absolute Gasteiger partial charge is 0.239 e. The number of nitriles is 2. The number of rotatable bonds is 3. The van der Waals surface area contributed by atoms with Crippen molar-refractivity contribution < 1.29 is 9.18 Å². The first kappa shape index (κ1) is 20.5. The second kappa shape index (κ2) is 6.98. The van der Waals surface area contributed by atoms with Crippen molar-refractivity contribution in [2.24, 2.45) is 0 Å². The molecule has 148 valence electrons. The highest BCUT2D eigenvalue weighted by atomic mass is 32.1. The first-order chi connectivity index (χ1) is 13.5. The van der Waals surface area contributed by atoms with Crippen LogP contribution in [0.1, 0.15) is 47.6 Å². The van der Waals surface area contributed by atoms with Crippen LogP contribution in [0.2, 0.25) is 0 Å². The highest BCUT2D eigenvalue weighted by molar-refractivity contribution is 7.12. The van der Waals surface area contributed by atoms with Crippen LogP contribution in [-0.4, -0.2) is 23.8 Å². The Morgan fingerprint density at radius 3 is 2.55 bits per heavy atom. The number of hydrogen-bond acceptors (Lipinski definition) is 5. The van der Waals surface area contributed by atoms with Gasteiger partial charge >= 0.3 is 0 Å². The quantitative estimate of drug-likeness (QED) is 0.809. The van der Waals surface area contributed by atoms with Crippen LogP contribution in [0.5, 0.6) is 0 Å². The summed E-state index contributed by atoms with van der Waals surface area (Å²) < 4.78 is 14.9. The van der Waals surface area contributed by atoms with E-state index in [0.717, 1.165) is 0 Å². The van der Waals surface area contributed by atoms with Crippen LogP contribution in [0.15, 0.2) is 30.3 Å². The molecule has 1 aliphatic heterocycles. The maximum absolute atomic E-state index is 14.9. The molecule has 1 aromatic heterocycles. The Kier molecular flexibility index (Phi) is 4.94. The van der Waals surface area contributed by atoms with E-state index < -0.39 is 22.7 Å². The predicted octanol–water partition coefficient (Wildman–Crippen LogP) is 3.56. The molecule has 2 aromatic rings. The van der Waals surface area contributed by atoms with Gasteiger partial charge in [-0.3, -0.25) is 15.1 Å². The van der Waals surface area contributed by atoms with E-state index in [0.29, 0.717) is 15.3 Å². The van der Waals surface area contributed by atoms with Crippen LogP contribution in [0, 0.1) is 33.9 Å². The fourth-order valence-electron chi connectivity index (χ4n) is 3.59. The van der Waals surface area contributed by atoms with Crippen LogP contribution >= 0.6 is 11.3 Å². The number of guanidine groups is 1. The van der Waals surface area contributed by atoms with E-state index in [-0.39, 0.29) is 17.4 Å². The summed E-state index contributed by atoms with van der Waals surface area (Å²) in [4.78, 5) is 15.5. The summed E-state index contributed by atoms with van der Waals surface area (Å²) in [5.74, 6) is -1.80. The lowest BCUT2D eigenvalue weighted by atomic mass is 9.76. The molecule has 2 atom stereocenters. The third-order valence-corrected chi connectivity index (χ3v) is 6.60. The fraction of sp³-hybridized carbons (Fsp3) is 0.333. The monoisotopic (exact) mass is 409 g/mol. The van der Waals surface area contributed by atoms with Crippen molar-refractivity contribution in [2.75, 3.05) is 7.05 Å². The van der Waals surface area contributed by atoms with Crippen molar-refractivity contribution in [3.8, 4) is 12.1 Å². The molecule has 0 radical (unpaired) electrons. The Morgan fingerprint density at radius 2 is 2.00 bits per heavy atom. The summed E-state index contributed by atoms with van der Waals surface area (Å²) in [6, 6.07) is 12.1. The molecule has 6 nitrogen and oxygen atoms in total. The van der Waals surface area contributed by atoms with Crippen molar-refractivity contribution in [1.29, 1.82) is 15.9 Å². The molecule has 2 heterocycles. The molecule has 1 fully saturated rings. The molecule has 8 heteroatoms. The number of carbonyl (C=O) groups excluding carboxylic acids is 1. The standard InChI is InChI=1S/C21H20FN5OS/c1-20(2,11-24)14-7-5-12(9-15(14)22)17-18(28)27(4)19(25)26-21(17,3)16-8-6-13(10-23)29-16/h5-9,17H,1-4H3,(H2,25,26)/t17-,21-/m1/s1. The first-order valence-electron chi connectivity index (χ1n) is 8.91. The number of carbonyl (C=O) groups is 1. The van der Waals surface area contributed by atoms with Crippen LogP contribution in [-0.2, 0) is 15.7 Å². The molecule has 2 N–H and O–H groups in total. The third-order valence-electron chi connectivity index (χ3n) is 5.38. The summed E-state index contributed by atoms with van der Waals surface area (Å²) in [7, 11) is 1.49. The van der Waals surface area contributed by atoms with Gasteiger partial charge in [0.05, 0.1) is 22.9 Å². The summed E-state index contributed by atoms with van der Waals surface area (Å²) in [6.07, 6.45) is 0. The van der Waals surface area contributed by atoms with Crippen molar-refractivity contribution in [3.05, 3.63) is 57.0 Å². The molecule has 1 aliphatic rings.